The molecule has 2 N–H and O–H groups in total. The number of hydrogen-bond donors (Lipinski definition) is 2. The number of hydrogen-bond acceptors (Lipinski definition) is 3. The zero-order valence-electron chi connectivity index (χ0n) is 12.1. The number of amidine groups is 1. The van der Waals surface area contributed by atoms with Crippen LogP contribution in [0.1, 0.15) is 45.4 Å². The van der Waals surface area contributed by atoms with Crippen molar-refractivity contribution < 1.29 is 18.3 Å². The van der Waals surface area contributed by atoms with Crippen LogP contribution in [-0.4, -0.2) is 28.4 Å². The minimum atomic E-state index is -4.71. The third-order valence-electron chi connectivity index (χ3n) is 6.35. The molecule has 6 heteroatoms. The SMILES string of the molecule is CC1=NC(O)(C(F)(F)F)CC2(N1)C1CC3CC(C1)CC2C3. The summed E-state index contributed by atoms with van der Waals surface area (Å²) in [5.41, 5.74) is -3.53. The summed E-state index contributed by atoms with van der Waals surface area (Å²) in [6.07, 6.45) is 0.220. The molecule has 0 radical (unpaired) electrons. The Labute approximate surface area is 122 Å². The zero-order valence-corrected chi connectivity index (χ0v) is 12.1. The van der Waals surface area contributed by atoms with Crippen LogP contribution in [0.2, 0.25) is 0 Å². The number of aliphatic imine (C=N–C) groups is 1. The maximum atomic E-state index is 13.3. The fraction of sp³-hybridized carbons (Fsp3) is 0.933. The van der Waals surface area contributed by atoms with Crippen molar-refractivity contribution in [1.82, 2.24) is 5.32 Å². The lowest BCUT2D eigenvalue weighted by atomic mass is 9.47. The molecule has 0 aromatic carbocycles. The summed E-state index contributed by atoms with van der Waals surface area (Å²) in [6, 6.07) is 0. The molecule has 5 aliphatic rings. The third-order valence-corrected chi connectivity index (χ3v) is 6.35. The van der Waals surface area contributed by atoms with E-state index >= 15 is 0 Å². The number of halogens is 3. The Balaban J connectivity index is 1.74. The van der Waals surface area contributed by atoms with Crippen molar-refractivity contribution >= 4 is 5.84 Å². The minimum Gasteiger partial charge on any atom is -0.368 e. The van der Waals surface area contributed by atoms with Gasteiger partial charge in [0.05, 0.1) is 5.84 Å². The van der Waals surface area contributed by atoms with Gasteiger partial charge in [0.2, 0.25) is 0 Å². The molecule has 118 valence electrons. The molecule has 5 rings (SSSR count). The lowest BCUT2D eigenvalue weighted by molar-refractivity contribution is -0.274. The molecule has 0 aromatic heterocycles. The molecular weight excluding hydrogens is 281 g/mol. The van der Waals surface area contributed by atoms with Gasteiger partial charge in [0.25, 0.3) is 5.72 Å². The molecule has 4 fully saturated rings. The molecular formula is C15H21F3N2O. The van der Waals surface area contributed by atoms with Crippen molar-refractivity contribution in [3.05, 3.63) is 0 Å². The largest absolute Gasteiger partial charge is 0.438 e. The number of rotatable bonds is 0. The van der Waals surface area contributed by atoms with E-state index in [-0.39, 0.29) is 24.1 Å². The molecule has 1 aliphatic heterocycles. The summed E-state index contributed by atoms with van der Waals surface area (Å²) in [4.78, 5) is 3.53. The number of aliphatic hydroxyl groups is 1. The number of nitrogens with one attached hydrogen (secondary N) is 1. The van der Waals surface area contributed by atoms with Gasteiger partial charge in [0.1, 0.15) is 0 Å². The van der Waals surface area contributed by atoms with Crippen LogP contribution in [0.15, 0.2) is 4.99 Å². The molecule has 0 saturated heterocycles. The summed E-state index contributed by atoms with van der Waals surface area (Å²) >= 11 is 0. The van der Waals surface area contributed by atoms with E-state index in [4.69, 9.17) is 0 Å². The molecule has 1 spiro atoms. The van der Waals surface area contributed by atoms with Crippen LogP contribution < -0.4 is 5.32 Å². The second kappa shape index (κ2) is 3.94. The topological polar surface area (TPSA) is 44.6 Å². The Kier molecular flexibility index (Phi) is 2.60. The summed E-state index contributed by atoms with van der Waals surface area (Å²) in [7, 11) is 0. The Bertz CT molecular complexity index is 474. The number of alkyl halides is 3. The standard InChI is InChI=1S/C15H21F3N2O/c1-8-19-13(7-14(21,20-8)15(16,17)18)11-3-9-2-10(5-11)6-12(13)4-9/h9-12,21H,2-7H2,1H3,(H,19,20). The normalized spacial score (nSPS) is 52.0. The average Bonchev–Trinajstić information content (AvgIpc) is 2.33. The lowest BCUT2D eigenvalue weighted by Crippen LogP contribution is -2.71. The average molecular weight is 302 g/mol. The third kappa shape index (κ3) is 1.80. The van der Waals surface area contributed by atoms with Crippen molar-refractivity contribution in [3.63, 3.8) is 0 Å². The fourth-order valence-electron chi connectivity index (χ4n) is 5.82. The van der Waals surface area contributed by atoms with E-state index in [9.17, 15) is 18.3 Å². The maximum Gasteiger partial charge on any atom is 0.438 e. The van der Waals surface area contributed by atoms with E-state index < -0.39 is 17.4 Å². The first kappa shape index (κ1) is 13.9. The van der Waals surface area contributed by atoms with Crippen LogP contribution in [0, 0.1) is 23.7 Å². The van der Waals surface area contributed by atoms with Crippen LogP contribution >= 0.6 is 0 Å². The van der Waals surface area contributed by atoms with Gasteiger partial charge >= 0.3 is 6.18 Å². The van der Waals surface area contributed by atoms with Crippen LogP contribution in [0.3, 0.4) is 0 Å². The molecule has 4 aliphatic carbocycles. The second-order valence-corrected chi connectivity index (χ2v) is 7.66. The van der Waals surface area contributed by atoms with Gasteiger partial charge in [-0.1, -0.05) is 0 Å². The van der Waals surface area contributed by atoms with Gasteiger partial charge < -0.3 is 10.4 Å². The predicted octanol–water partition coefficient (Wildman–Crippen LogP) is 2.84. The van der Waals surface area contributed by atoms with Gasteiger partial charge in [-0.05, 0) is 62.7 Å². The molecule has 1 unspecified atom stereocenters. The number of nitrogens with zero attached hydrogens (tertiary/aromatic N) is 1. The second-order valence-electron chi connectivity index (χ2n) is 7.66. The van der Waals surface area contributed by atoms with Gasteiger partial charge in [-0.15, -0.1) is 0 Å². The smallest absolute Gasteiger partial charge is 0.368 e. The highest BCUT2D eigenvalue weighted by Gasteiger charge is 2.66. The summed E-state index contributed by atoms with van der Waals surface area (Å²) in [5, 5.41) is 13.5. The molecule has 21 heavy (non-hydrogen) atoms. The molecule has 4 bridgehead atoms. The monoisotopic (exact) mass is 302 g/mol. The Hall–Kier alpha value is -0.780. The maximum absolute atomic E-state index is 13.3. The van der Waals surface area contributed by atoms with E-state index in [0.29, 0.717) is 11.8 Å². The molecule has 1 heterocycles. The summed E-state index contributed by atoms with van der Waals surface area (Å²) in [6.45, 7) is 1.54. The molecule has 0 aromatic rings. The van der Waals surface area contributed by atoms with Gasteiger partial charge in [0.15, 0.2) is 0 Å². The molecule has 1 atom stereocenters. The van der Waals surface area contributed by atoms with Gasteiger partial charge in [-0.3, -0.25) is 0 Å². The lowest BCUT2D eigenvalue weighted by Gasteiger charge is -2.63. The van der Waals surface area contributed by atoms with E-state index in [1.54, 1.807) is 6.92 Å². The predicted molar refractivity (Wildman–Crippen MR) is 71.6 cm³/mol. The fourth-order valence-corrected chi connectivity index (χ4v) is 5.82. The van der Waals surface area contributed by atoms with E-state index in [2.05, 4.69) is 10.3 Å². The van der Waals surface area contributed by atoms with Crippen LogP contribution in [-0.2, 0) is 0 Å². The quantitative estimate of drug-likeness (QED) is 0.723. The van der Waals surface area contributed by atoms with Crippen LogP contribution in [0.5, 0.6) is 0 Å². The summed E-state index contributed by atoms with van der Waals surface area (Å²) < 4.78 is 39.9. The molecule has 4 saturated carbocycles. The van der Waals surface area contributed by atoms with E-state index in [1.165, 1.54) is 6.42 Å². The van der Waals surface area contributed by atoms with Crippen molar-refractivity contribution in [1.29, 1.82) is 0 Å². The summed E-state index contributed by atoms with van der Waals surface area (Å²) in [5.74, 6) is 2.07. The molecule has 3 nitrogen and oxygen atoms in total. The first-order valence-corrected chi connectivity index (χ1v) is 7.85. The van der Waals surface area contributed by atoms with E-state index in [1.807, 2.05) is 0 Å². The highest BCUT2D eigenvalue weighted by molar-refractivity contribution is 5.81. The van der Waals surface area contributed by atoms with Gasteiger partial charge in [-0.2, -0.15) is 13.2 Å². The van der Waals surface area contributed by atoms with Crippen molar-refractivity contribution in [2.45, 2.75) is 62.9 Å². The van der Waals surface area contributed by atoms with Crippen LogP contribution in [0.25, 0.3) is 0 Å². The first-order valence-electron chi connectivity index (χ1n) is 7.85. The van der Waals surface area contributed by atoms with Gasteiger partial charge in [0, 0.05) is 12.0 Å². The van der Waals surface area contributed by atoms with E-state index in [0.717, 1.165) is 25.7 Å². The highest BCUT2D eigenvalue weighted by Crippen LogP contribution is 2.61. The Morgan fingerprint density at radius 3 is 2.10 bits per heavy atom. The Morgan fingerprint density at radius 2 is 1.62 bits per heavy atom. The highest BCUT2D eigenvalue weighted by atomic mass is 19.4. The van der Waals surface area contributed by atoms with Crippen molar-refractivity contribution in [3.8, 4) is 0 Å². The van der Waals surface area contributed by atoms with Crippen molar-refractivity contribution in [2.24, 2.45) is 28.7 Å². The van der Waals surface area contributed by atoms with Gasteiger partial charge in [-0.25, -0.2) is 4.99 Å². The van der Waals surface area contributed by atoms with Crippen molar-refractivity contribution in [2.75, 3.05) is 0 Å². The molecule has 0 amide bonds. The minimum absolute atomic E-state index is 0.230. The van der Waals surface area contributed by atoms with Crippen LogP contribution in [0.4, 0.5) is 13.2 Å². The first-order chi connectivity index (χ1) is 9.72. The zero-order chi connectivity index (χ0) is 15.0. The Morgan fingerprint density at radius 1 is 1.10 bits per heavy atom.